The topological polar surface area (TPSA) is 49.4 Å². The Bertz CT molecular complexity index is 751. The number of likely N-dealkylation sites (N-methyl/N-ethyl adjacent to an activating group) is 1. The molecule has 2 aromatic rings. The summed E-state index contributed by atoms with van der Waals surface area (Å²) in [7, 11) is 1.76. The number of hydrogen-bond donors (Lipinski definition) is 1. The highest BCUT2D eigenvalue weighted by atomic mass is 16.2. The molecule has 0 aromatic heterocycles. The maximum atomic E-state index is 11.9. The zero-order valence-electron chi connectivity index (χ0n) is 12.2. The summed E-state index contributed by atoms with van der Waals surface area (Å²) in [4.78, 5) is 25.2. The Morgan fingerprint density at radius 2 is 1.95 bits per heavy atom. The Labute approximate surface area is 129 Å². The molecular weight excluding hydrogens is 276 g/mol. The monoisotopic (exact) mass is 292 g/mol. The first-order valence-electron chi connectivity index (χ1n) is 7.07. The summed E-state index contributed by atoms with van der Waals surface area (Å²) in [5, 5.41) is 2.82. The van der Waals surface area contributed by atoms with E-state index in [-0.39, 0.29) is 11.8 Å². The molecule has 0 atom stereocenters. The normalized spacial score (nSPS) is 13.5. The van der Waals surface area contributed by atoms with Crippen molar-refractivity contribution >= 4 is 29.3 Å². The Hall–Kier alpha value is -2.88. The van der Waals surface area contributed by atoms with Crippen molar-refractivity contribution in [1.82, 2.24) is 0 Å². The van der Waals surface area contributed by atoms with Crippen LogP contribution >= 0.6 is 0 Å². The van der Waals surface area contributed by atoms with Crippen LogP contribution < -0.4 is 10.2 Å². The number of nitrogens with zero attached hydrogens (tertiary/aromatic N) is 1. The summed E-state index contributed by atoms with van der Waals surface area (Å²) in [5.74, 6) is -0.121. The molecule has 0 saturated heterocycles. The minimum absolute atomic E-state index is 0.0717. The highest BCUT2D eigenvalue weighted by molar-refractivity contribution is 6.04. The summed E-state index contributed by atoms with van der Waals surface area (Å²) in [6.07, 6.45) is 3.65. The van der Waals surface area contributed by atoms with Crippen LogP contribution in [0.2, 0.25) is 0 Å². The van der Waals surface area contributed by atoms with Crippen molar-refractivity contribution in [1.29, 1.82) is 0 Å². The lowest BCUT2D eigenvalue weighted by Crippen LogP contribution is -2.20. The maximum absolute atomic E-state index is 11.9. The maximum Gasteiger partial charge on any atom is 0.248 e. The molecule has 0 bridgehead atoms. The van der Waals surface area contributed by atoms with Crippen LogP contribution in [0.1, 0.15) is 11.1 Å². The van der Waals surface area contributed by atoms with Crippen molar-refractivity contribution in [3.05, 3.63) is 65.7 Å². The third-order valence-corrected chi connectivity index (χ3v) is 3.65. The second-order valence-electron chi connectivity index (χ2n) is 5.21. The second kappa shape index (κ2) is 5.85. The van der Waals surface area contributed by atoms with Gasteiger partial charge >= 0.3 is 0 Å². The number of anilines is 2. The van der Waals surface area contributed by atoms with E-state index in [1.165, 1.54) is 6.08 Å². The molecule has 1 aliphatic rings. The molecule has 0 spiro atoms. The number of nitrogens with one attached hydrogen (secondary N) is 1. The van der Waals surface area contributed by atoms with Crippen LogP contribution in [-0.4, -0.2) is 18.9 Å². The number of amides is 2. The lowest BCUT2D eigenvalue weighted by atomic mass is 10.1. The van der Waals surface area contributed by atoms with Crippen LogP contribution in [0, 0.1) is 0 Å². The molecule has 0 radical (unpaired) electrons. The Morgan fingerprint density at radius 3 is 2.73 bits per heavy atom. The quantitative estimate of drug-likeness (QED) is 0.884. The first kappa shape index (κ1) is 14.1. The van der Waals surface area contributed by atoms with Gasteiger partial charge in [0, 0.05) is 24.5 Å². The molecule has 0 saturated carbocycles. The molecule has 0 fully saturated rings. The van der Waals surface area contributed by atoms with Gasteiger partial charge in [-0.3, -0.25) is 9.59 Å². The molecule has 110 valence electrons. The molecule has 1 heterocycles. The van der Waals surface area contributed by atoms with Gasteiger partial charge in [-0.1, -0.05) is 30.3 Å². The molecular formula is C18H16N2O2. The highest BCUT2D eigenvalue weighted by Gasteiger charge is 2.23. The fourth-order valence-electron chi connectivity index (χ4n) is 2.47. The molecule has 0 aliphatic carbocycles. The number of rotatable bonds is 3. The molecule has 2 aromatic carbocycles. The fourth-order valence-corrected chi connectivity index (χ4v) is 2.47. The predicted molar refractivity (Wildman–Crippen MR) is 87.7 cm³/mol. The van der Waals surface area contributed by atoms with Crippen LogP contribution in [0.15, 0.2) is 54.6 Å². The first-order chi connectivity index (χ1) is 10.6. The lowest BCUT2D eigenvalue weighted by molar-refractivity contribution is -0.117. The summed E-state index contributed by atoms with van der Waals surface area (Å²) in [6, 6.07) is 15.2. The van der Waals surface area contributed by atoms with E-state index in [0.717, 1.165) is 16.8 Å². The molecule has 3 rings (SSSR count). The Morgan fingerprint density at radius 1 is 1.18 bits per heavy atom. The van der Waals surface area contributed by atoms with Gasteiger partial charge in [-0.05, 0) is 35.4 Å². The van der Waals surface area contributed by atoms with E-state index in [9.17, 15) is 9.59 Å². The van der Waals surface area contributed by atoms with Crippen molar-refractivity contribution < 1.29 is 9.59 Å². The van der Waals surface area contributed by atoms with Gasteiger partial charge in [-0.15, -0.1) is 0 Å². The smallest absolute Gasteiger partial charge is 0.248 e. The summed E-state index contributed by atoms with van der Waals surface area (Å²) < 4.78 is 0. The SMILES string of the molecule is CN1C(=O)Cc2cc(NC(=O)/C=C/c3ccccc3)ccc21. The van der Waals surface area contributed by atoms with E-state index in [2.05, 4.69) is 5.32 Å². The van der Waals surface area contributed by atoms with E-state index < -0.39 is 0 Å². The minimum atomic E-state index is -0.193. The number of hydrogen-bond acceptors (Lipinski definition) is 2. The Balaban J connectivity index is 1.69. The van der Waals surface area contributed by atoms with Gasteiger partial charge in [-0.25, -0.2) is 0 Å². The van der Waals surface area contributed by atoms with E-state index in [0.29, 0.717) is 12.1 Å². The van der Waals surface area contributed by atoms with Gasteiger partial charge in [-0.2, -0.15) is 0 Å². The van der Waals surface area contributed by atoms with Crippen molar-refractivity contribution in [3.8, 4) is 0 Å². The average molecular weight is 292 g/mol. The fraction of sp³-hybridized carbons (Fsp3) is 0.111. The second-order valence-corrected chi connectivity index (χ2v) is 5.21. The third-order valence-electron chi connectivity index (χ3n) is 3.65. The van der Waals surface area contributed by atoms with Crippen LogP contribution in [0.3, 0.4) is 0 Å². The van der Waals surface area contributed by atoms with E-state index in [4.69, 9.17) is 0 Å². The van der Waals surface area contributed by atoms with Gasteiger partial charge in [0.05, 0.1) is 6.42 Å². The van der Waals surface area contributed by atoms with Crippen LogP contribution in [0.5, 0.6) is 0 Å². The molecule has 4 heteroatoms. The predicted octanol–water partition coefficient (Wildman–Crippen LogP) is 2.86. The number of benzene rings is 2. The average Bonchev–Trinajstić information content (AvgIpc) is 2.81. The highest BCUT2D eigenvalue weighted by Crippen LogP contribution is 2.29. The largest absolute Gasteiger partial charge is 0.323 e. The van der Waals surface area contributed by atoms with Crippen LogP contribution in [0.25, 0.3) is 6.08 Å². The molecule has 1 aliphatic heterocycles. The van der Waals surface area contributed by atoms with Crippen LogP contribution in [0.4, 0.5) is 11.4 Å². The van der Waals surface area contributed by atoms with Gasteiger partial charge in [0.15, 0.2) is 0 Å². The van der Waals surface area contributed by atoms with Gasteiger partial charge in [0.1, 0.15) is 0 Å². The standard InChI is InChI=1S/C18H16N2O2/c1-20-16-9-8-15(11-14(16)12-18(20)22)19-17(21)10-7-13-5-3-2-4-6-13/h2-11H,12H2,1H3,(H,19,21)/b10-7+. The van der Waals surface area contributed by atoms with Crippen LogP contribution in [-0.2, 0) is 16.0 Å². The number of carbonyl (C=O) groups is 2. The van der Waals surface area contributed by atoms with Crippen molar-refractivity contribution in [3.63, 3.8) is 0 Å². The molecule has 2 amide bonds. The number of carbonyl (C=O) groups excluding carboxylic acids is 2. The molecule has 22 heavy (non-hydrogen) atoms. The third kappa shape index (κ3) is 2.91. The first-order valence-corrected chi connectivity index (χ1v) is 7.07. The summed E-state index contributed by atoms with van der Waals surface area (Å²) >= 11 is 0. The summed E-state index contributed by atoms with van der Waals surface area (Å²) in [5.41, 5.74) is 3.52. The zero-order valence-corrected chi connectivity index (χ0v) is 12.2. The number of fused-ring (bicyclic) bond motifs is 1. The lowest BCUT2D eigenvalue weighted by Gasteiger charge is -2.10. The van der Waals surface area contributed by atoms with Gasteiger partial charge in [0.2, 0.25) is 11.8 Å². The van der Waals surface area contributed by atoms with Crippen molar-refractivity contribution in [2.24, 2.45) is 0 Å². The zero-order chi connectivity index (χ0) is 15.5. The minimum Gasteiger partial charge on any atom is -0.323 e. The van der Waals surface area contributed by atoms with E-state index in [1.807, 2.05) is 48.5 Å². The molecule has 1 N–H and O–H groups in total. The van der Waals surface area contributed by atoms with Gasteiger partial charge < -0.3 is 10.2 Å². The van der Waals surface area contributed by atoms with Crippen molar-refractivity contribution in [2.45, 2.75) is 6.42 Å². The van der Waals surface area contributed by atoms with Crippen molar-refractivity contribution in [2.75, 3.05) is 17.3 Å². The molecule has 4 nitrogen and oxygen atoms in total. The Kier molecular flexibility index (Phi) is 3.74. The molecule has 0 unspecified atom stereocenters. The van der Waals surface area contributed by atoms with Gasteiger partial charge in [0.25, 0.3) is 0 Å². The van der Waals surface area contributed by atoms with E-state index >= 15 is 0 Å². The van der Waals surface area contributed by atoms with E-state index in [1.54, 1.807) is 18.0 Å². The summed E-state index contributed by atoms with van der Waals surface area (Å²) in [6.45, 7) is 0.